The van der Waals surface area contributed by atoms with Crippen LogP contribution in [0, 0.1) is 0 Å². The quantitative estimate of drug-likeness (QED) is 0.423. The van der Waals surface area contributed by atoms with Crippen molar-refractivity contribution < 1.29 is 67.2 Å². The van der Waals surface area contributed by atoms with E-state index in [2.05, 4.69) is 0 Å². The standard InChI is InChI=1S/2CH2O3.CH4.H3N.2H2O.Zr/c2*2-1(3)4;;;;;/h2*(H2,2,3,4);1H4;1H3;2*1H2;/p-1. The molecule has 0 radical (unpaired) electrons. The molecule has 0 saturated carbocycles. The first kappa shape index (κ1) is 55.9. The van der Waals surface area contributed by atoms with Gasteiger partial charge in [0.25, 0.3) is 0 Å². The molecule has 0 amide bonds. The number of carboxylic acid groups (broad SMARTS) is 4. The maximum absolute atomic E-state index is 8.44. The van der Waals surface area contributed by atoms with Crippen molar-refractivity contribution >= 4 is 12.3 Å². The van der Waals surface area contributed by atoms with Gasteiger partial charge in [0.2, 0.25) is 12.3 Å². The molecular formula is C3H14NO8Zr-. The zero-order valence-electron chi connectivity index (χ0n) is 6.03. The minimum absolute atomic E-state index is 0. The van der Waals surface area contributed by atoms with Crippen LogP contribution in [0.2, 0.25) is 0 Å². The van der Waals surface area contributed by atoms with Crippen LogP contribution in [0.1, 0.15) is 7.43 Å². The van der Waals surface area contributed by atoms with Gasteiger partial charge in [-0.25, -0.2) is 0 Å². The number of carbonyl (C=O) groups is 2. The molecule has 0 fully saturated rings. The number of rotatable bonds is 0. The molecule has 0 atom stereocenters. The molecule has 0 aromatic heterocycles. The molecule has 13 heavy (non-hydrogen) atoms. The Morgan fingerprint density at radius 3 is 0.923 bits per heavy atom. The summed E-state index contributed by atoms with van der Waals surface area (Å²) in [6, 6.07) is 0. The third kappa shape index (κ3) is 2010. The van der Waals surface area contributed by atoms with Gasteiger partial charge >= 0.3 is 0 Å². The van der Waals surface area contributed by atoms with Gasteiger partial charge in [0.1, 0.15) is 0 Å². The Bertz CT molecular complexity index is 77.4. The fourth-order valence-electron chi connectivity index (χ4n) is 0. The Hall–Kier alpha value is -0.697. The normalized spacial score (nSPS) is 3.69. The molecular weight excluding hydrogens is 269 g/mol. The van der Waals surface area contributed by atoms with Crippen LogP contribution in [0.5, 0.6) is 0 Å². The molecule has 0 aliphatic rings. The zero-order chi connectivity index (χ0) is 7.15. The summed E-state index contributed by atoms with van der Waals surface area (Å²) in [6.45, 7) is 0. The molecule has 10 heteroatoms. The van der Waals surface area contributed by atoms with E-state index >= 15 is 0 Å². The first-order chi connectivity index (χ1) is 3.46. The Balaban J connectivity index is -0.00000000800. The predicted molar refractivity (Wildman–Crippen MR) is 36.0 cm³/mol. The van der Waals surface area contributed by atoms with Gasteiger partial charge in [-0.1, -0.05) is 7.43 Å². The maximum Gasteiger partial charge on any atom is 0.249 e. The van der Waals surface area contributed by atoms with E-state index in [9.17, 15) is 0 Å². The van der Waals surface area contributed by atoms with Crippen molar-refractivity contribution in [1.29, 1.82) is 0 Å². The summed E-state index contributed by atoms with van der Waals surface area (Å²) in [5.41, 5.74) is 0. The van der Waals surface area contributed by atoms with Crippen LogP contribution in [0.4, 0.5) is 9.59 Å². The summed E-state index contributed by atoms with van der Waals surface area (Å²) in [6.07, 6.45) is -4.17. The molecule has 10 N–H and O–H groups in total. The van der Waals surface area contributed by atoms with E-state index < -0.39 is 12.3 Å². The second-order valence-corrected chi connectivity index (χ2v) is 0.532. The van der Waals surface area contributed by atoms with Crippen molar-refractivity contribution in [3.8, 4) is 0 Å². The van der Waals surface area contributed by atoms with E-state index in [1.165, 1.54) is 0 Å². The largest absolute Gasteiger partial charge is 0.565 e. The van der Waals surface area contributed by atoms with E-state index in [-0.39, 0.29) is 50.7 Å². The van der Waals surface area contributed by atoms with Crippen molar-refractivity contribution in [2.75, 3.05) is 0 Å². The van der Waals surface area contributed by atoms with Crippen molar-refractivity contribution in [3.05, 3.63) is 0 Å². The van der Waals surface area contributed by atoms with Gasteiger partial charge in [-0.3, -0.25) is 0 Å². The summed E-state index contributed by atoms with van der Waals surface area (Å²) < 4.78 is 0. The van der Waals surface area contributed by atoms with Gasteiger partial charge in [0, 0.05) is 26.2 Å². The second kappa shape index (κ2) is 42.7. The van der Waals surface area contributed by atoms with E-state index in [4.69, 9.17) is 30.0 Å². The third-order valence-corrected chi connectivity index (χ3v) is 0. The smallest absolute Gasteiger partial charge is 0.249 e. The monoisotopic (exact) mass is 282 g/mol. The first-order valence-electron chi connectivity index (χ1n) is 1.26. The van der Waals surface area contributed by atoms with Crippen LogP contribution in [0.3, 0.4) is 0 Å². The molecule has 0 spiro atoms. The number of hydrogen-bond donors (Lipinski definition) is 3. The molecule has 0 heterocycles. The summed E-state index contributed by atoms with van der Waals surface area (Å²) in [5, 5.41) is 30.6. The van der Waals surface area contributed by atoms with Crippen molar-refractivity contribution in [1.82, 2.24) is 6.15 Å². The Labute approximate surface area is 93.3 Å². The predicted octanol–water partition coefficient (Wildman–Crippen LogP) is -2.86. The molecule has 0 aliphatic carbocycles. The van der Waals surface area contributed by atoms with E-state index in [0.29, 0.717) is 0 Å². The van der Waals surface area contributed by atoms with E-state index in [0.717, 1.165) is 0 Å². The second-order valence-electron chi connectivity index (χ2n) is 0.532. The third-order valence-electron chi connectivity index (χ3n) is 0. The summed E-state index contributed by atoms with van der Waals surface area (Å²) in [7, 11) is 0. The molecule has 9 nitrogen and oxygen atoms in total. The molecule has 0 unspecified atom stereocenters. The SMILES string of the molecule is C.O.O.O=C([O-])O.O=C([O-])O.[NH4+].[Zr]. The van der Waals surface area contributed by atoms with E-state index in [1.807, 2.05) is 0 Å². The molecule has 84 valence electrons. The Morgan fingerprint density at radius 1 is 0.923 bits per heavy atom. The van der Waals surface area contributed by atoms with Crippen LogP contribution in [0.25, 0.3) is 0 Å². The van der Waals surface area contributed by atoms with Gasteiger partial charge in [-0.15, -0.1) is 0 Å². The van der Waals surface area contributed by atoms with Gasteiger partial charge in [0.15, 0.2) is 0 Å². The van der Waals surface area contributed by atoms with Gasteiger partial charge in [-0.05, 0) is 0 Å². The van der Waals surface area contributed by atoms with Crippen LogP contribution in [0.15, 0.2) is 0 Å². The van der Waals surface area contributed by atoms with Crippen LogP contribution >= 0.6 is 0 Å². The fourth-order valence-corrected chi connectivity index (χ4v) is 0. The summed E-state index contributed by atoms with van der Waals surface area (Å²) in [4.78, 5) is 16.9. The minimum atomic E-state index is -2.08. The maximum atomic E-state index is 8.44. The van der Waals surface area contributed by atoms with Gasteiger partial charge in [0.05, 0.1) is 0 Å². The Kier molecular flexibility index (Phi) is 183. The molecule has 0 rings (SSSR count). The summed E-state index contributed by atoms with van der Waals surface area (Å²) in [5.74, 6) is 0. The van der Waals surface area contributed by atoms with Crippen LogP contribution in [-0.4, -0.2) is 33.5 Å². The molecule has 0 saturated heterocycles. The molecule has 0 aromatic rings. The average Bonchev–Trinajstić information content (AvgIpc) is 1.25. The van der Waals surface area contributed by atoms with Crippen molar-refractivity contribution in [2.45, 2.75) is 7.43 Å². The molecule has 0 bridgehead atoms. The Morgan fingerprint density at radius 2 is 0.923 bits per heavy atom. The zero-order valence-corrected chi connectivity index (χ0v) is 8.49. The van der Waals surface area contributed by atoms with Gasteiger partial charge < -0.3 is 47.1 Å². The number of quaternary nitrogens is 1. The fraction of sp³-hybridized carbons (Fsp3) is 0.333. The first-order valence-corrected chi connectivity index (χ1v) is 1.26. The van der Waals surface area contributed by atoms with Crippen molar-refractivity contribution in [2.24, 2.45) is 0 Å². The topological polar surface area (TPSA) is 220 Å². The minimum Gasteiger partial charge on any atom is -0.565 e. The molecule has 0 aliphatic heterocycles. The summed E-state index contributed by atoms with van der Waals surface area (Å²) >= 11 is 0. The van der Waals surface area contributed by atoms with Crippen LogP contribution < -0.4 is 16.4 Å². The van der Waals surface area contributed by atoms with Crippen LogP contribution in [-0.2, 0) is 26.2 Å². The number of hydrogen-bond acceptors (Lipinski definition) is 4. The molecule has 0 aromatic carbocycles. The average molecular weight is 283 g/mol. The van der Waals surface area contributed by atoms with E-state index in [1.54, 1.807) is 0 Å². The van der Waals surface area contributed by atoms with Crippen molar-refractivity contribution in [3.63, 3.8) is 0 Å². The van der Waals surface area contributed by atoms with Gasteiger partial charge in [-0.2, -0.15) is 0 Å².